The van der Waals surface area contributed by atoms with Gasteiger partial charge in [-0.3, -0.25) is 4.79 Å². The minimum atomic E-state index is -0.0354. The van der Waals surface area contributed by atoms with Crippen LogP contribution < -0.4 is 10.6 Å². The Hall–Kier alpha value is -1.95. The lowest BCUT2D eigenvalue weighted by molar-refractivity contribution is 0.0936. The van der Waals surface area contributed by atoms with Crippen LogP contribution in [0.25, 0.3) is 0 Å². The van der Waals surface area contributed by atoms with Crippen LogP contribution in [0.3, 0.4) is 0 Å². The number of benzene rings is 1. The first-order chi connectivity index (χ1) is 8.74. The molecule has 1 heterocycles. The molecule has 94 valence electrons. The van der Waals surface area contributed by atoms with Gasteiger partial charge in [0.25, 0.3) is 5.91 Å². The third-order valence-corrected chi connectivity index (χ3v) is 3.27. The van der Waals surface area contributed by atoms with Crippen molar-refractivity contribution < 1.29 is 4.79 Å². The summed E-state index contributed by atoms with van der Waals surface area (Å²) in [5.74, 6) is 2.56. The lowest BCUT2D eigenvalue weighted by Gasteiger charge is -2.14. The fourth-order valence-electron chi connectivity index (χ4n) is 2.15. The SMILES string of the molecule is C#CCC(CC)NC(=O)c1ccc2c(c1)CCN2. The van der Waals surface area contributed by atoms with Gasteiger partial charge in [-0.2, -0.15) is 0 Å². The summed E-state index contributed by atoms with van der Waals surface area (Å²) in [5, 5.41) is 6.25. The van der Waals surface area contributed by atoms with E-state index in [1.54, 1.807) is 0 Å². The predicted molar refractivity (Wildman–Crippen MR) is 73.6 cm³/mol. The van der Waals surface area contributed by atoms with Gasteiger partial charge in [0.05, 0.1) is 0 Å². The minimum Gasteiger partial charge on any atom is -0.384 e. The average Bonchev–Trinajstić information content (AvgIpc) is 2.85. The van der Waals surface area contributed by atoms with Gasteiger partial charge in [0, 0.05) is 30.3 Å². The number of carbonyl (C=O) groups excluding carboxylic acids is 1. The molecule has 0 saturated carbocycles. The molecule has 3 nitrogen and oxygen atoms in total. The number of nitrogens with one attached hydrogen (secondary N) is 2. The Labute approximate surface area is 108 Å². The number of hydrogen-bond donors (Lipinski definition) is 2. The van der Waals surface area contributed by atoms with Crippen LogP contribution in [0.4, 0.5) is 5.69 Å². The molecule has 1 aromatic carbocycles. The molecule has 0 bridgehead atoms. The summed E-state index contributed by atoms with van der Waals surface area (Å²) in [4.78, 5) is 12.1. The predicted octanol–water partition coefficient (Wildman–Crippen LogP) is 2.19. The van der Waals surface area contributed by atoms with Crippen molar-refractivity contribution in [3.05, 3.63) is 29.3 Å². The highest BCUT2D eigenvalue weighted by atomic mass is 16.1. The summed E-state index contributed by atoms with van der Waals surface area (Å²) in [6.45, 7) is 2.98. The van der Waals surface area contributed by atoms with E-state index in [1.165, 1.54) is 5.56 Å². The van der Waals surface area contributed by atoms with Crippen molar-refractivity contribution in [3.8, 4) is 12.3 Å². The molecular weight excluding hydrogens is 224 g/mol. The molecule has 0 spiro atoms. The summed E-state index contributed by atoms with van der Waals surface area (Å²) in [6.07, 6.45) is 7.70. The molecule has 1 aliphatic rings. The first-order valence-corrected chi connectivity index (χ1v) is 6.35. The molecule has 0 radical (unpaired) electrons. The second-order valence-corrected chi connectivity index (χ2v) is 4.54. The van der Waals surface area contributed by atoms with Crippen molar-refractivity contribution in [1.29, 1.82) is 0 Å². The minimum absolute atomic E-state index is 0.0354. The van der Waals surface area contributed by atoms with Crippen LogP contribution in [-0.4, -0.2) is 18.5 Å². The highest BCUT2D eigenvalue weighted by Gasteiger charge is 2.15. The zero-order valence-electron chi connectivity index (χ0n) is 10.6. The van der Waals surface area contributed by atoms with E-state index >= 15 is 0 Å². The Morgan fingerprint density at radius 3 is 3.17 bits per heavy atom. The van der Waals surface area contributed by atoms with Gasteiger partial charge in [0.2, 0.25) is 0 Å². The molecular formula is C15H18N2O. The molecule has 1 unspecified atom stereocenters. The van der Waals surface area contributed by atoms with Crippen molar-refractivity contribution in [2.75, 3.05) is 11.9 Å². The fraction of sp³-hybridized carbons (Fsp3) is 0.400. The molecule has 1 aliphatic heterocycles. The molecule has 3 heteroatoms. The smallest absolute Gasteiger partial charge is 0.251 e. The van der Waals surface area contributed by atoms with E-state index in [4.69, 9.17) is 6.42 Å². The number of anilines is 1. The maximum absolute atomic E-state index is 12.1. The molecule has 0 saturated heterocycles. The van der Waals surface area contributed by atoms with E-state index in [2.05, 4.69) is 16.6 Å². The summed E-state index contributed by atoms with van der Waals surface area (Å²) in [6, 6.07) is 5.86. The van der Waals surface area contributed by atoms with E-state index in [0.717, 1.165) is 25.1 Å². The van der Waals surface area contributed by atoms with Crippen LogP contribution in [0.15, 0.2) is 18.2 Å². The van der Waals surface area contributed by atoms with Crippen molar-refractivity contribution in [1.82, 2.24) is 5.32 Å². The van der Waals surface area contributed by atoms with Crippen LogP contribution in [0, 0.1) is 12.3 Å². The summed E-state index contributed by atoms with van der Waals surface area (Å²) < 4.78 is 0. The van der Waals surface area contributed by atoms with Gasteiger partial charge in [-0.15, -0.1) is 12.3 Å². The molecule has 0 aliphatic carbocycles. The number of hydrogen-bond acceptors (Lipinski definition) is 2. The van der Waals surface area contributed by atoms with Crippen LogP contribution in [-0.2, 0) is 6.42 Å². The summed E-state index contributed by atoms with van der Waals surface area (Å²) in [5.41, 5.74) is 3.07. The lowest BCUT2D eigenvalue weighted by atomic mass is 10.1. The van der Waals surface area contributed by atoms with Gasteiger partial charge >= 0.3 is 0 Å². The normalized spacial score (nSPS) is 14.2. The van der Waals surface area contributed by atoms with Gasteiger partial charge < -0.3 is 10.6 Å². The van der Waals surface area contributed by atoms with E-state index in [0.29, 0.717) is 12.0 Å². The number of amides is 1. The second kappa shape index (κ2) is 5.59. The Morgan fingerprint density at radius 1 is 1.61 bits per heavy atom. The van der Waals surface area contributed by atoms with Gasteiger partial charge in [-0.25, -0.2) is 0 Å². The third-order valence-electron chi connectivity index (χ3n) is 3.27. The van der Waals surface area contributed by atoms with E-state index in [1.807, 2.05) is 25.1 Å². The van der Waals surface area contributed by atoms with E-state index < -0.39 is 0 Å². The fourth-order valence-corrected chi connectivity index (χ4v) is 2.15. The van der Waals surface area contributed by atoms with Crippen LogP contribution in [0.2, 0.25) is 0 Å². The highest BCUT2D eigenvalue weighted by Crippen LogP contribution is 2.23. The van der Waals surface area contributed by atoms with Crippen molar-refractivity contribution in [2.24, 2.45) is 0 Å². The quantitative estimate of drug-likeness (QED) is 0.795. The van der Waals surface area contributed by atoms with Crippen molar-refractivity contribution in [3.63, 3.8) is 0 Å². The zero-order valence-corrected chi connectivity index (χ0v) is 10.6. The van der Waals surface area contributed by atoms with E-state index in [-0.39, 0.29) is 11.9 Å². The summed E-state index contributed by atoms with van der Waals surface area (Å²) >= 11 is 0. The molecule has 0 aromatic heterocycles. The van der Waals surface area contributed by atoms with Crippen LogP contribution in [0.5, 0.6) is 0 Å². The van der Waals surface area contributed by atoms with Crippen LogP contribution >= 0.6 is 0 Å². The molecule has 1 atom stereocenters. The number of carbonyl (C=O) groups is 1. The standard InChI is InChI=1S/C15H18N2O/c1-3-5-13(4-2)17-15(18)12-6-7-14-11(10-12)8-9-16-14/h1,6-7,10,13,16H,4-5,8-9H2,2H3,(H,17,18). The molecule has 2 N–H and O–H groups in total. The topological polar surface area (TPSA) is 41.1 Å². The average molecular weight is 242 g/mol. The number of rotatable bonds is 4. The first-order valence-electron chi connectivity index (χ1n) is 6.35. The van der Waals surface area contributed by atoms with Crippen LogP contribution in [0.1, 0.15) is 35.7 Å². The van der Waals surface area contributed by atoms with Crippen molar-refractivity contribution >= 4 is 11.6 Å². The largest absolute Gasteiger partial charge is 0.384 e. The maximum Gasteiger partial charge on any atom is 0.251 e. The van der Waals surface area contributed by atoms with Crippen molar-refractivity contribution in [2.45, 2.75) is 32.2 Å². The van der Waals surface area contributed by atoms with Gasteiger partial charge in [-0.1, -0.05) is 6.92 Å². The highest BCUT2D eigenvalue weighted by molar-refractivity contribution is 5.95. The Bertz CT molecular complexity index is 488. The second-order valence-electron chi connectivity index (χ2n) is 4.54. The number of terminal acetylenes is 1. The van der Waals surface area contributed by atoms with Gasteiger partial charge in [-0.05, 0) is 36.6 Å². The molecule has 18 heavy (non-hydrogen) atoms. The van der Waals surface area contributed by atoms with E-state index in [9.17, 15) is 4.79 Å². The molecule has 1 aromatic rings. The molecule has 2 rings (SSSR count). The van der Waals surface area contributed by atoms with Gasteiger partial charge in [0.15, 0.2) is 0 Å². The van der Waals surface area contributed by atoms with Gasteiger partial charge in [0.1, 0.15) is 0 Å². The monoisotopic (exact) mass is 242 g/mol. The molecule has 1 amide bonds. The Kier molecular flexibility index (Phi) is 3.88. The summed E-state index contributed by atoms with van der Waals surface area (Å²) in [7, 11) is 0. The Balaban J connectivity index is 2.07. The molecule has 0 fully saturated rings. The lowest BCUT2D eigenvalue weighted by Crippen LogP contribution is -2.34. The first kappa shape index (κ1) is 12.5. The maximum atomic E-state index is 12.1. The number of fused-ring (bicyclic) bond motifs is 1. The zero-order chi connectivity index (χ0) is 13.0. The third kappa shape index (κ3) is 2.65. The Morgan fingerprint density at radius 2 is 2.44 bits per heavy atom.